The maximum atomic E-state index is 11.4. The zero-order valence-electron chi connectivity index (χ0n) is 8.78. The third kappa shape index (κ3) is 2.72. The molecule has 0 bridgehead atoms. The van der Waals surface area contributed by atoms with Gasteiger partial charge in [-0.05, 0) is 13.3 Å². The second-order valence-corrected chi connectivity index (χ2v) is 3.69. The van der Waals surface area contributed by atoms with Crippen LogP contribution in [0.2, 0.25) is 0 Å². The fourth-order valence-corrected chi connectivity index (χ4v) is 1.48. The van der Waals surface area contributed by atoms with Gasteiger partial charge in [0.05, 0.1) is 13.2 Å². The van der Waals surface area contributed by atoms with Crippen LogP contribution in [0.3, 0.4) is 0 Å². The number of ketones is 1. The number of hydrogen-bond donors (Lipinski definition) is 0. The summed E-state index contributed by atoms with van der Waals surface area (Å²) >= 11 is 0. The number of ether oxygens (including phenoxy) is 1. The average molecular weight is 199 g/mol. The maximum Gasteiger partial charge on any atom is 0.410 e. The molecular formula is C10H17NO3. The average Bonchev–Trinajstić information content (AvgIpc) is 2.45. The highest BCUT2D eigenvalue weighted by Gasteiger charge is 2.31. The molecule has 0 N–H and O–H groups in total. The van der Waals surface area contributed by atoms with Gasteiger partial charge in [0.25, 0.3) is 0 Å². The lowest BCUT2D eigenvalue weighted by Crippen LogP contribution is -2.34. The first-order valence-corrected chi connectivity index (χ1v) is 5.10. The summed E-state index contributed by atoms with van der Waals surface area (Å²) in [7, 11) is 0. The molecule has 0 unspecified atom stereocenters. The first-order chi connectivity index (χ1) is 6.65. The molecule has 0 aromatic rings. The number of unbranched alkanes of at least 4 members (excludes halogenated alkanes) is 1. The van der Waals surface area contributed by atoms with Gasteiger partial charge in [-0.1, -0.05) is 13.3 Å². The van der Waals surface area contributed by atoms with Gasteiger partial charge in [0.2, 0.25) is 0 Å². The molecule has 0 aromatic heterocycles. The minimum atomic E-state index is -0.350. The van der Waals surface area contributed by atoms with Gasteiger partial charge in [0.1, 0.15) is 0 Å². The second kappa shape index (κ2) is 4.98. The van der Waals surface area contributed by atoms with Crippen molar-refractivity contribution in [3.05, 3.63) is 0 Å². The van der Waals surface area contributed by atoms with Gasteiger partial charge in [0.15, 0.2) is 5.78 Å². The monoisotopic (exact) mass is 199 g/mol. The first kappa shape index (κ1) is 11.0. The molecule has 14 heavy (non-hydrogen) atoms. The lowest BCUT2D eigenvalue weighted by Gasteiger charge is -2.19. The van der Waals surface area contributed by atoms with E-state index in [1.165, 1.54) is 4.90 Å². The van der Waals surface area contributed by atoms with Crippen LogP contribution in [0.1, 0.15) is 33.1 Å². The Morgan fingerprint density at radius 1 is 1.64 bits per heavy atom. The van der Waals surface area contributed by atoms with Crippen LogP contribution in [0, 0.1) is 0 Å². The van der Waals surface area contributed by atoms with Crippen molar-refractivity contribution in [1.29, 1.82) is 0 Å². The van der Waals surface area contributed by atoms with Gasteiger partial charge in [-0.2, -0.15) is 0 Å². The van der Waals surface area contributed by atoms with Crippen molar-refractivity contribution in [3.63, 3.8) is 0 Å². The number of hydrogen-bond acceptors (Lipinski definition) is 3. The Bertz CT molecular complexity index is 227. The molecule has 1 saturated heterocycles. The van der Waals surface area contributed by atoms with Gasteiger partial charge < -0.3 is 4.74 Å². The Balaban J connectivity index is 2.33. The zero-order valence-corrected chi connectivity index (χ0v) is 8.78. The van der Waals surface area contributed by atoms with Crippen molar-refractivity contribution < 1.29 is 14.3 Å². The molecule has 0 saturated carbocycles. The molecule has 80 valence electrons. The Morgan fingerprint density at radius 2 is 2.36 bits per heavy atom. The molecular weight excluding hydrogens is 182 g/mol. The van der Waals surface area contributed by atoms with Gasteiger partial charge in [-0.15, -0.1) is 0 Å². The fraction of sp³-hybridized carbons (Fsp3) is 0.800. The summed E-state index contributed by atoms with van der Waals surface area (Å²) < 4.78 is 5.02. The molecule has 1 rings (SSSR count). The van der Waals surface area contributed by atoms with Crippen LogP contribution in [0.25, 0.3) is 0 Å². The number of carbonyl (C=O) groups excluding carboxylic acids is 2. The summed E-state index contributed by atoms with van der Waals surface area (Å²) in [4.78, 5) is 24.0. The van der Waals surface area contributed by atoms with Crippen LogP contribution in [0.5, 0.6) is 0 Å². The molecule has 0 aliphatic carbocycles. The summed E-state index contributed by atoms with van der Waals surface area (Å²) in [5.74, 6) is 0.116. The SMILES string of the molecule is CCCCOC(=O)N1CC(=O)C[C@@H]1C. The van der Waals surface area contributed by atoms with Crippen molar-refractivity contribution >= 4 is 11.9 Å². The minimum Gasteiger partial charge on any atom is -0.449 e. The topological polar surface area (TPSA) is 46.6 Å². The Labute approximate surface area is 84.2 Å². The van der Waals surface area contributed by atoms with E-state index in [4.69, 9.17) is 4.74 Å². The van der Waals surface area contributed by atoms with E-state index in [2.05, 4.69) is 0 Å². The van der Waals surface area contributed by atoms with Gasteiger partial charge in [-0.3, -0.25) is 9.69 Å². The zero-order chi connectivity index (χ0) is 10.6. The number of Topliss-reactive ketones (excluding diaryl/α,β-unsaturated/α-hetero) is 1. The highest BCUT2D eigenvalue weighted by atomic mass is 16.6. The second-order valence-electron chi connectivity index (χ2n) is 3.69. The van der Waals surface area contributed by atoms with E-state index in [1.54, 1.807) is 0 Å². The van der Waals surface area contributed by atoms with Crippen molar-refractivity contribution in [2.24, 2.45) is 0 Å². The molecule has 0 aromatic carbocycles. The first-order valence-electron chi connectivity index (χ1n) is 5.10. The third-order valence-corrected chi connectivity index (χ3v) is 2.36. The van der Waals surface area contributed by atoms with Gasteiger partial charge in [-0.25, -0.2) is 4.79 Å². The Morgan fingerprint density at radius 3 is 2.86 bits per heavy atom. The fourth-order valence-electron chi connectivity index (χ4n) is 1.48. The summed E-state index contributed by atoms with van der Waals surface area (Å²) in [5.41, 5.74) is 0. The lowest BCUT2D eigenvalue weighted by molar-refractivity contribution is -0.116. The molecule has 1 atom stereocenters. The van der Waals surface area contributed by atoms with E-state index in [0.29, 0.717) is 13.0 Å². The van der Waals surface area contributed by atoms with Crippen LogP contribution >= 0.6 is 0 Å². The standard InChI is InChI=1S/C10H17NO3/c1-3-4-5-14-10(13)11-7-9(12)6-8(11)2/h8H,3-7H2,1-2H3/t8-/m0/s1. The predicted molar refractivity (Wildman–Crippen MR) is 52.0 cm³/mol. The highest BCUT2D eigenvalue weighted by Crippen LogP contribution is 2.14. The molecule has 4 heteroatoms. The highest BCUT2D eigenvalue weighted by molar-refractivity contribution is 5.88. The number of rotatable bonds is 3. The van der Waals surface area contributed by atoms with Crippen molar-refractivity contribution in [1.82, 2.24) is 4.90 Å². The third-order valence-electron chi connectivity index (χ3n) is 2.36. The Hall–Kier alpha value is -1.06. The van der Waals surface area contributed by atoms with E-state index in [-0.39, 0.29) is 24.5 Å². The van der Waals surface area contributed by atoms with Crippen LogP contribution in [-0.4, -0.2) is 36.0 Å². The largest absolute Gasteiger partial charge is 0.449 e. The number of carbonyl (C=O) groups is 2. The Kier molecular flexibility index (Phi) is 3.92. The molecule has 1 amide bonds. The predicted octanol–water partition coefficient (Wildman–Crippen LogP) is 1.59. The summed E-state index contributed by atoms with van der Waals surface area (Å²) in [6.07, 6.45) is 1.99. The van der Waals surface area contributed by atoms with Crippen molar-refractivity contribution in [2.75, 3.05) is 13.2 Å². The van der Waals surface area contributed by atoms with Crippen molar-refractivity contribution in [3.8, 4) is 0 Å². The quantitative estimate of drug-likeness (QED) is 0.648. The van der Waals surface area contributed by atoms with Crippen molar-refractivity contribution in [2.45, 2.75) is 39.2 Å². The molecule has 1 heterocycles. The number of nitrogens with zero attached hydrogens (tertiary/aromatic N) is 1. The lowest BCUT2D eigenvalue weighted by atomic mass is 10.2. The molecule has 1 aliphatic heterocycles. The van der Waals surface area contributed by atoms with Gasteiger partial charge in [0, 0.05) is 12.5 Å². The van der Waals surface area contributed by atoms with E-state index in [9.17, 15) is 9.59 Å². The number of amides is 1. The molecule has 0 spiro atoms. The minimum absolute atomic E-state index is 0.00312. The normalized spacial score (nSPS) is 21.4. The van der Waals surface area contributed by atoms with E-state index in [0.717, 1.165) is 12.8 Å². The summed E-state index contributed by atoms with van der Waals surface area (Å²) in [6, 6.07) is -0.00312. The number of likely N-dealkylation sites (tertiary alicyclic amines) is 1. The molecule has 4 nitrogen and oxygen atoms in total. The molecule has 1 fully saturated rings. The van der Waals surface area contributed by atoms with Crippen LogP contribution in [0.15, 0.2) is 0 Å². The summed E-state index contributed by atoms with van der Waals surface area (Å²) in [6.45, 7) is 4.57. The van der Waals surface area contributed by atoms with Crippen LogP contribution in [-0.2, 0) is 9.53 Å². The molecule has 1 aliphatic rings. The van der Waals surface area contributed by atoms with Crippen LogP contribution < -0.4 is 0 Å². The van der Waals surface area contributed by atoms with E-state index in [1.807, 2.05) is 13.8 Å². The van der Waals surface area contributed by atoms with Crippen LogP contribution in [0.4, 0.5) is 4.79 Å². The maximum absolute atomic E-state index is 11.4. The van der Waals surface area contributed by atoms with E-state index >= 15 is 0 Å². The van der Waals surface area contributed by atoms with Gasteiger partial charge >= 0.3 is 6.09 Å². The summed E-state index contributed by atoms with van der Waals surface area (Å²) in [5, 5.41) is 0. The van der Waals surface area contributed by atoms with E-state index < -0.39 is 0 Å². The smallest absolute Gasteiger partial charge is 0.410 e. The molecule has 0 radical (unpaired) electrons.